The van der Waals surface area contributed by atoms with Crippen molar-refractivity contribution in [2.24, 2.45) is 0 Å². The minimum Gasteiger partial charge on any atom is -0.358 e. The second kappa shape index (κ2) is 23.1. The molecule has 0 aliphatic heterocycles. The molecule has 3 aromatic rings. The summed E-state index contributed by atoms with van der Waals surface area (Å²) in [5.74, 6) is 1.03. The molecule has 0 bridgehead atoms. The van der Waals surface area contributed by atoms with Crippen LogP contribution in [0.25, 0.3) is 6.08 Å². The summed E-state index contributed by atoms with van der Waals surface area (Å²) >= 11 is 0. The summed E-state index contributed by atoms with van der Waals surface area (Å²) < 4.78 is 0. The second-order valence-corrected chi connectivity index (χ2v) is 6.00. The molecule has 0 spiro atoms. The minimum atomic E-state index is 0. The first kappa shape index (κ1) is 43.3. The van der Waals surface area contributed by atoms with Gasteiger partial charge in [0.15, 0.2) is 0 Å². The molecular formula is C30H43Hf-9. The summed E-state index contributed by atoms with van der Waals surface area (Å²) in [6.45, 7) is 2.30. The number of hydrogen-bond donors (Lipinski definition) is 0. The van der Waals surface area contributed by atoms with Crippen LogP contribution in [-0.4, -0.2) is 0 Å². The first-order valence-corrected chi connectivity index (χ1v) is 8.24. The van der Waals surface area contributed by atoms with Crippen LogP contribution in [0.5, 0.6) is 0 Å². The van der Waals surface area contributed by atoms with Gasteiger partial charge in [0, 0.05) is 25.8 Å². The predicted molar refractivity (Wildman–Crippen MR) is 143 cm³/mol. The van der Waals surface area contributed by atoms with Gasteiger partial charge >= 0.3 is 0 Å². The van der Waals surface area contributed by atoms with E-state index in [1.54, 1.807) is 0 Å². The summed E-state index contributed by atoms with van der Waals surface area (Å²) in [5, 5.41) is 0. The third kappa shape index (κ3) is 12.8. The molecule has 0 radical (unpaired) electrons. The van der Waals surface area contributed by atoms with Crippen molar-refractivity contribution in [3.05, 3.63) is 160 Å². The van der Waals surface area contributed by atoms with E-state index in [0.29, 0.717) is 11.8 Å². The molecule has 2 unspecified atom stereocenters. The Labute approximate surface area is 216 Å². The zero-order valence-corrected chi connectivity index (χ0v) is 24.6. The molecule has 0 aromatic heterocycles. The molecule has 3 aromatic carbocycles. The van der Waals surface area contributed by atoms with Gasteiger partial charge in [-0.1, -0.05) is 67.8 Å². The SMILES string of the molecule is CC(CC1[C-]=Cc2ccccc21)c1ccccc1.[CH3-].[CH3-].[CH3-].[CH3-].[CH3-].[CH3-].[CH3-].[Hf].c1cc[cH-]c1. The van der Waals surface area contributed by atoms with Crippen molar-refractivity contribution in [1.82, 2.24) is 0 Å². The first-order chi connectivity index (χ1) is 11.3. The predicted octanol–water partition coefficient (Wildman–Crippen LogP) is 9.35. The van der Waals surface area contributed by atoms with Crippen LogP contribution in [0, 0.1) is 58.1 Å². The van der Waals surface area contributed by atoms with E-state index in [1.807, 2.05) is 30.3 Å². The number of benzene rings is 2. The Kier molecular flexibility index (Phi) is 32.2. The molecule has 2 atom stereocenters. The number of allylic oxidation sites excluding steroid dienone is 1. The van der Waals surface area contributed by atoms with Gasteiger partial charge in [0.05, 0.1) is 0 Å². The molecule has 0 saturated carbocycles. The van der Waals surface area contributed by atoms with Gasteiger partial charge in [0.2, 0.25) is 0 Å². The Bertz CT molecular complexity index is 709. The Balaban J connectivity index is -0.000000108. The molecule has 1 heteroatoms. The Hall–Kier alpha value is -1.60. The fraction of sp³-hybridized carbons (Fsp3) is 0.133. The van der Waals surface area contributed by atoms with E-state index in [2.05, 4.69) is 73.7 Å². The van der Waals surface area contributed by atoms with Crippen molar-refractivity contribution in [2.75, 3.05) is 0 Å². The number of rotatable bonds is 3. The smallest absolute Gasteiger partial charge is 0 e. The molecule has 0 fully saturated rings. The largest absolute Gasteiger partial charge is 0.358 e. The maximum absolute atomic E-state index is 3.50. The van der Waals surface area contributed by atoms with Crippen LogP contribution < -0.4 is 0 Å². The fourth-order valence-corrected chi connectivity index (χ4v) is 3.03. The summed E-state index contributed by atoms with van der Waals surface area (Å²) in [4.78, 5) is 0. The third-order valence-electron chi connectivity index (χ3n) is 4.32. The van der Waals surface area contributed by atoms with Crippen LogP contribution in [0.3, 0.4) is 0 Å². The van der Waals surface area contributed by atoms with Crippen LogP contribution in [-0.2, 0) is 25.8 Å². The van der Waals surface area contributed by atoms with Gasteiger partial charge in [0.1, 0.15) is 0 Å². The zero-order chi connectivity index (χ0) is 15.9. The van der Waals surface area contributed by atoms with Crippen LogP contribution in [0.2, 0.25) is 0 Å². The molecule has 0 heterocycles. The van der Waals surface area contributed by atoms with Crippen LogP contribution in [0.15, 0.2) is 84.9 Å². The van der Waals surface area contributed by atoms with Gasteiger partial charge in [0.25, 0.3) is 0 Å². The van der Waals surface area contributed by atoms with Crippen molar-refractivity contribution in [2.45, 2.75) is 25.2 Å². The van der Waals surface area contributed by atoms with Crippen LogP contribution in [0.4, 0.5) is 0 Å². The van der Waals surface area contributed by atoms with E-state index in [4.69, 9.17) is 0 Å². The summed E-state index contributed by atoms with van der Waals surface area (Å²) in [6.07, 6.45) is 6.77. The van der Waals surface area contributed by atoms with Crippen molar-refractivity contribution in [3.63, 3.8) is 0 Å². The molecule has 31 heavy (non-hydrogen) atoms. The maximum Gasteiger partial charge on any atom is 0 e. The Morgan fingerprint density at radius 2 is 1.26 bits per heavy atom. The molecule has 1 aliphatic rings. The first-order valence-electron chi connectivity index (χ1n) is 8.24. The monoisotopic (exact) mass is 583 g/mol. The summed E-state index contributed by atoms with van der Waals surface area (Å²) in [7, 11) is 0. The Morgan fingerprint density at radius 3 is 1.77 bits per heavy atom. The van der Waals surface area contributed by atoms with Gasteiger partial charge in [-0.2, -0.15) is 23.8 Å². The van der Waals surface area contributed by atoms with Crippen LogP contribution >= 0.6 is 0 Å². The van der Waals surface area contributed by atoms with E-state index < -0.39 is 0 Å². The van der Waals surface area contributed by atoms with E-state index >= 15 is 0 Å². The van der Waals surface area contributed by atoms with Gasteiger partial charge < -0.3 is 52.0 Å². The summed E-state index contributed by atoms with van der Waals surface area (Å²) in [5.41, 5.74) is 4.19. The quantitative estimate of drug-likeness (QED) is 0.213. The van der Waals surface area contributed by atoms with E-state index in [1.165, 1.54) is 16.7 Å². The fourth-order valence-electron chi connectivity index (χ4n) is 3.03. The third-order valence-corrected chi connectivity index (χ3v) is 4.32. The van der Waals surface area contributed by atoms with Gasteiger partial charge in [-0.05, 0) is 11.5 Å². The van der Waals surface area contributed by atoms with Crippen LogP contribution in [0.1, 0.15) is 41.9 Å². The number of fused-ring (bicyclic) bond motifs is 1. The molecule has 1 aliphatic carbocycles. The minimum absolute atomic E-state index is 0. The number of hydrogen-bond acceptors (Lipinski definition) is 0. The van der Waals surface area contributed by atoms with E-state index in [-0.39, 0.29) is 77.8 Å². The van der Waals surface area contributed by atoms with Gasteiger partial charge in [-0.15, -0.1) is 11.6 Å². The van der Waals surface area contributed by atoms with E-state index in [9.17, 15) is 0 Å². The molecular weight excluding hydrogens is 539 g/mol. The molecule has 4 rings (SSSR count). The normalized spacial score (nSPS) is 12.1. The molecule has 0 N–H and O–H groups in total. The average Bonchev–Trinajstić information content (AvgIpc) is 3.29. The molecule has 0 saturated heterocycles. The van der Waals surface area contributed by atoms with Gasteiger partial charge in [-0.25, -0.2) is 18.2 Å². The van der Waals surface area contributed by atoms with Crippen molar-refractivity contribution < 1.29 is 25.8 Å². The topological polar surface area (TPSA) is 0 Å². The molecule has 0 nitrogen and oxygen atoms in total. The Morgan fingerprint density at radius 1 is 0.742 bits per heavy atom. The molecule has 0 amide bonds. The second-order valence-electron chi connectivity index (χ2n) is 6.00. The standard InChI is InChI=1S/C18H17.C5H5.7CH3.Hf/c1-14(15-7-3-2-4-8-15)13-17-12-11-16-9-5-6-10-18(16)17;1-2-4-5-3-1;;;;;;;;/h2-11,14,17H,13H2,1H3;1-5H;7*1H3;/q9*-1;. The average molecular weight is 582 g/mol. The zero-order valence-electron chi connectivity index (χ0n) is 21.0. The van der Waals surface area contributed by atoms with Crippen molar-refractivity contribution in [3.8, 4) is 0 Å². The van der Waals surface area contributed by atoms with Gasteiger partial charge in [-0.3, -0.25) is 6.08 Å². The van der Waals surface area contributed by atoms with Crippen molar-refractivity contribution >= 4 is 6.08 Å². The van der Waals surface area contributed by atoms with E-state index in [0.717, 1.165) is 6.42 Å². The summed E-state index contributed by atoms with van der Waals surface area (Å²) in [6, 6.07) is 29.4. The maximum atomic E-state index is 3.50. The molecule has 176 valence electrons. The van der Waals surface area contributed by atoms with Crippen molar-refractivity contribution in [1.29, 1.82) is 0 Å².